The molecule has 2 N–H and O–H groups in total. The molecule has 108 valence electrons. The van der Waals surface area contributed by atoms with Crippen LogP contribution < -0.4 is 5.73 Å². The Labute approximate surface area is 128 Å². The fraction of sp³-hybridized carbons (Fsp3) is 0.250. The van der Waals surface area contributed by atoms with Gasteiger partial charge in [0.1, 0.15) is 5.69 Å². The Kier molecular flexibility index (Phi) is 3.66. The first-order valence-electron chi connectivity index (χ1n) is 6.93. The van der Waals surface area contributed by atoms with Crippen LogP contribution in [0.4, 0.5) is 0 Å². The zero-order chi connectivity index (χ0) is 15.0. The summed E-state index contributed by atoms with van der Waals surface area (Å²) >= 11 is 6.36. The van der Waals surface area contributed by atoms with Crippen LogP contribution in [0.25, 0.3) is 22.6 Å². The molecule has 0 fully saturated rings. The average Bonchev–Trinajstić information content (AvgIpc) is 2.88. The van der Waals surface area contributed by atoms with E-state index < -0.39 is 0 Å². The van der Waals surface area contributed by atoms with E-state index in [9.17, 15) is 0 Å². The average molecular weight is 301 g/mol. The number of pyridine rings is 1. The molecule has 5 heteroatoms. The summed E-state index contributed by atoms with van der Waals surface area (Å²) < 4.78 is 2.13. The highest BCUT2D eigenvalue weighted by Crippen LogP contribution is 2.31. The number of hydrogen-bond donors (Lipinski definition) is 1. The minimum atomic E-state index is 0.237. The van der Waals surface area contributed by atoms with Crippen molar-refractivity contribution in [1.29, 1.82) is 0 Å². The normalized spacial score (nSPS) is 11.5. The highest BCUT2D eigenvalue weighted by molar-refractivity contribution is 6.35. The number of nitrogens with two attached hydrogens (primary N) is 1. The van der Waals surface area contributed by atoms with Crippen molar-refractivity contribution in [2.24, 2.45) is 5.73 Å². The summed E-state index contributed by atoms with van der Waals surface area (Å²) in [5.74, 6) is 0.830. The number of rotatable bonds is 3. The lowest BCUT2D eigenvalue weighted by Crippen LogP contribution is -2.05. The van der Waals surface area contributed by atoms with E-state index in [0.717, 1.165) is 28.1 Å². The number of imidazole rings is 1. The summed E-state index contributed by atoms with van der Waals surface area (Å²) in [5, 5.41) is 0.707. The monoisotopic (exact) mass is 300 g/mol. The molecular weight excluding hydrogens is 284 g/mol. The number of nitrogens with zero attached hydrogens (tertiary/aromatic N) is 3. The number of hydrogen-bond acceptors (Lipinski definition) is 3. The molecule has 0 saturated heterocycles. The van der Waals surface area contributed by atoms with Crippen molar-refractivity contribution in [3.8, 4) is 11.5 Å². The van der Waals surface area contributed by atoms with Crippen molar-refractivity contribution < 1.29 is 0 Å². The van der Waals surface area contributed by atoms with Gasteiger partial charge in [0.25, 0.3) is 0 Å². The van der Waals surface area contributed by atoms with Gasteiger partial charge in [0.15, 0.2) is 5.82 Å². The first-order valence-corrected chi connectivity index (χ1v) is 7.31. The molecule has 4 nitrogen and oxygen atoms in total. The van der Waals surface area contributed by atoms with Crippen LogP contribution in [-0.2, 0) is 6.54 Å². The number of para-hydroxylation sites is 1. The van der Waals surface area contributed by atoms with Crippen LogP contribution in [0.5, 0.6) is 0 Å². The molecule has 0 atom stereocenters. The van der Waals surface area contributed by atoms with E-state index in [1.807, 2.05) is 30.3 Å². The lowest BCUT2D eigenvalue weighted by atomic mass is 10.2. The highest BCUT2D eigenvalue weighted by Gasteiger charge is 2.17. The molecule has 2 aromatic heterocycles. The third kappa shape index (κ3) is 2.41. The van der Waals surface area contributed by atoms with Crippen LogP contribution in [-0.4, -0.2) is 14.5 Å². The van der Waals surface area contributed by atoms with Gasteiger partial charge in [0.05, 0.1) is 16.1 Å². The van der Waals surface area contributed by atoms with E-state index in [1.54, 1.807) is 6.20 Å². The summed E-state index contributed by atoms with van der Waals surface area (Å²) in [4.78, 5) is 9.19. The van der Waals surface area contributed by atoms with Crippen molar-refractivity contribution in [3.05, 3.63) is 47.1 Å². The summed E-state index contributed by atoms with van der Waals surface area (Å²) in [6.45, 7) is 4.71. The molecule has 0 aliphatic rings. The molecule has 1 aromatic carbocycles. The Morgan fingerprint density at radius 3 is 2.67 bits per heavy atom. The van der Waals surface area contributed by atoms with E-state index in [0.29, 0.717) is 11.6 Å². The highest BCUT2D eigenvalue weighted by atomic mass is 35.5. The maximum absolute atomic E-state index is 6.36. The molecule has 3 aromatic rings. The number of halogens is 1. The third-order valence-corrected chi connectivity index (χ3v) is 3.77. The summed E-state index contributed by atoms with van der Waals surface area (Å²) in [6, 6.07) is 9.94. The van der Waals surface area contributed by atoms with Crippen LogP contribution in [0.1, 0.15) is 25.5 Å². The molecule has 0 aliphatic heterocycles. The lowest BCUT2D eigenvalue weighted by molar-refractivity contribution is 0.623. The zero-order valence-corrected chi connectivity index (χ0v) is 12.8. The maximum Gasteiger partial charge on any atom is 0.160 e. The SMILES string of the molecule is CC(C)n1c(-c2ccc(CN)cn2)nc2cccc(Cl)c21. The van der Waals surface area contributed by atoms with Gasteiger partial charge >= 0.3 is 0 Å². The Morgan fingerprint density at radius 1 is 1.24 bits per heavy atom. The molecule has 0 bridgehead atoms. The number of aromatic nitrogens is 3. The van der Waals surface area contributed by atoms with Gasteiger partial charge in [0.2, 0.25) is 0 Å². The molecular formula is C16H17ClN4. The predicted octanol–water partition coefficient (Wildman–Crippen LogP) is 3.79. The molecule has 2 heterocycles. The van der Waals surface area contributed by atoms with Gasteiger partial charge in [-0.25, -0.2) is 4.98 Å². The van der Waals surface area contributed by atoms with Crippen molar-refractivity contribution in [3.63, 3.8) is 0 Å². The van der Waals surface area contributed by atoms with Gasteiger partial charge < -0.3 is 10.3 Å². The minimum Gasteiger partial charge on any atom is -0.326 e. The van der Waals surface area contributed by atoms with Crippen molar-refractivity contribution in [2.45, 2.75) is 26.4 Å². The molecule has 21 heavy (non-hydrogen) atoms. The second-order valence-electron chi connectivity index (χ2n) is 5.26. The molecule has 0 radical (unpaired) electrons. The standard InChI is InChI=1S/C16H17ClN4/c1-10(2)21-15-12(17)4-3-5-13(15)20-16(21)14-7-6-11(8-18)9-19-14/h3-7,9-10H,8,18H2,1-2H3. The molecule has 3 rings (SSSR count). The van der Waals surface area contributed by atoms with E-state index in [1.165, 1.54) is 0 Å². The van der Waals surface area contributed by atoms with Gasteiger partial charge in [-0.3, -0.25) is 4.98 Å². The Balaban J connectivity index is 2.26. The fourth-order valence-corrected chi connectivity index (χ4v) is 2.73. The van der Waals surface area contributed by atoms with Gasteiger partial charge in [-0.15, -0.1) is 0 Å². The van der Waals surface area contributed by atoms with Crippen LogP contribution >= 0.6 is 11.6 Å². The van der Waals surface area contributed by atoms with E-state index in [-0.39, 0.29) is 6.04 Å². The second-order valence-corrected chi connectivity index (χ2v) is 5.67. The molecule has 0 amide bonds. The topological polar surface area (TPSA) is 56.7 Å². The summed E-state index contributed by atoms with van der Waals surface area (Å²) in [5.41, 5.74) is 9.29. The van der Waals surface area contributed by atoms with Crippen molar-refractivity contribution >= 4 is 22.6 Å². The maximum atomic E-state index is 6.36. The third-order valence-electron chi connectivity index (χ3n) is 3.47. The smallest absolute Gasteiger partial charge is 0.160 e. The van der Waals surface area contributed by atoms with Crippen molar-refractivity contribution in [1.82, 2.24) is 14.5 Å². The van der Waals surface area contributed by atoms with E-state index in [2.05, 4.69) is 23.4 Å². The quantitative estimate of drug-likeness (QED) is 0.800. The number of benzene rings is 1. The molecule has 0 spiro atoms. The largest absolute Gasteiger partial charge is 0.326 e. The Morgan fingerprint density at radius 2 is 2.05 bits per heavy atom. The van der Waals surface area contributed by atoms with Gasteiger partial charge in [-0.05, 0) is 37.6 Å². The predicted molar refractivity (Wildman–Crippen MR) is 86.3 cm³/mol. The number of fused-ring (bicyclic) bond motifs is 1. The Bertz CT molecular complexity index is 775. The molecule has 0 unspecified atom stereocenters. The van der Waals surface area contributed by atoms with Crippen LogP contribution in [0, 0.1) is 0 Å². The lowest BCUT2D eigenvalue weighted by Gasteiger charge is -2.13. The second kappa shape index (κ2) is 5.47. The van der Waals surface area contributed by atoms with E-state index >= 15 is 0 Å². The van der Waals surface area contributed by atoms with Crippen LogP contribution in [0.3, 0.4) is 0 Å². The zero-order valence-electron chi connectivity index (χ0n) is 12.0. The minimum absolute atomic E-state index is 0.237. The van der Waals surface area contributed by atoms with Crippen molar-refractivity contribution in [2.75, 3.05) is 0 Å². The summed E-state index contributed by atoms with van der Waals surface area (Å²) in [6.07, 6.45) is 1.79. The van der Waals surface area contributed by atoms with Crippen LogP contribution in [0.2, 0.25) is 5.02 Å². The van der Waals surface area contributed by atoms with Gasteiger partial charge in [-0.2, -0.15) is 0 Å². The first kappa shape index (κ1) is 14.0. The molecule has 0 aliphatic carbocycles. The molecule has 0 saturated carbocycles. The summed E-state index contributed by atoms with van der Waals surface area (Å²) in [7, 11) is 0. The van der Waals surface area contributed by atoms with Crippen LogP contribution in [0.15, 0.2) is 36.5 Å². The first-order chi connectivity index (χ1) is 10.1. The fourth-order valence-electron chi connectivity index (χ4n) is 2.47. The van der Waals surface area contributed by atoms with E-state index in [4.69, 9.17) is 22.3 Å². The van der Waals surface area contributed by atoms with Gasteiger partial charge in [-0.1, -0.05) is 23.7 Å². The van der Waals surface area contributed by atoms with Gasteiger partial charge in [0, 0.05) is 18.8 Å². The Hall–Kier alpha value is -1.91.